The second kappa shape index (κ2) is 9.63. The molecule has 5 nitrogen and oxygen atoms in total. The number of aromatic hydroxyl groups is 1. The third-order valence-electron chi connectivity index (χ3n) is 5.79. The molecule has 2 aromatic heterocycles. The normalized spacial score (nSPS) is 11.8. The van der Waals surface area contributed by atoms with Gasteiger partial charge in [-0.25, -0.2) is 9.97 Å². The van der Waals surface area contributed by atoms with Gasteiger partial charge in [0.2, 0.25) is 0 Å². The Morgan fingerprint density at radius 2 is 1.65 bits per heavy atom. The van der Waals surface area contributed by atoms with Gasteiger partial charge in [-0.3, -0.25) is 5.32 Å². The monoisotopic (exact) mass is 448 g/mol. The van der Waals surface area contributed by atoms with Gasteiger partial charge in [-0.1, -0.05) is 60.7 Å². The average molecular weight is 449 g/mol. The number of nitrogens with one attached hydrogen (secondary N) is 2. The van der Waals surface area contributed by atoms with Crippen LogP contribution in [0.4, 0.5) is 5.82 Å². The van der Waals surface area contributed by atoms with E-state index in [1.807, 2.05) is 110 Å². The van der Waals surface area contributed by atoms with E-state index < -0.39 is 0 Å². The molecule has 34 heavy (non-hydrogen) atoms. The van der Waals surface area contributed by atoms with Crippen molar-refractivity contribution in [3.63, 3.8) is 0 Å². The number of anilines is 1. The van der Waals surface area contributed by atoms with Crippen LogP contribution in [-0.2, 0) is 6.61 Å². The van der Waals surface area contributed by atoms with E-state index in [-0.39, 0.29) is 11.8 Å². The van der Waals surface area contributed by atoms with Gasteiger partial charge in [-0.2, -0.15) is 0 Å². The summed E-state index contributed by atoms with van der Waals surface area (Å²) in [6.45, 7) is 2.44. The minimum absolute atomic E-state index is 0.180. The highest BCUT2D eigenvalue weighted by Gasteiger charge is 2.24. The minimum atomic E-state index is -0.298. The van der Waals surface area contributed by atoms with Crippen molar-refractivity contribution in [2.45, 2.75) is 19.6 Å². The lowest BCUT2D eigenvalue weighted by Gasteiger charge is -2.18. The number of benzene rings is 3. The van der Waals surface area contributed by atoms with Crippen molar-refractivity contribution < 1.29 is 14.8 Å². The van der Waals surface area contributed by atoms with Crippen molar-refractivity contribution in [2.75, 3.05) is 5.32 Å². The van der Waals surface area contributed by atoms with E-state index in [0.29, 0.717) is 12.1 Å². The first-order valence-corrected chi connectivity index (χ1v) is 11.3. The van der Waals surface area contributed by atoms with Gasteiger partial charge in [-0.05, 0) is 42.8 Å². The summed E-state index contributed by atoms with van der Waals surface area (Å²) in [6, 6.07) is 31.5. The standard InChI is InChI=1S/C29H25N3O2/c1-20-10-11-23-14-17-25(29(33)28(23)31-20)27(32-26-9-5-6-18-30-26)22-12-15-24(16-13-22)34-19-21-7-3-2-4-8-21/h2-18,27,33H,19H2,1H3,(H,30,32)/p+1/t27-/m1/s1. The summed E-state index contributed by atoms with van der Waals surface area (Å²) < 4.78 is 5.96. The molecule has 0 spiro atoms. The number of nitrogens with zero attached hydrogens (tertiary/aromatic N) is 1. The number of phenolic OH excluding ortho intramolecular Hbond substituents is 1. The van der Waals surface area contributed by atoms with Gasteiger partial charge in [-0.15, -0.1) is 0 Å². The van der Waals surface area contributed by atoms with E-state index in [1.165, 1.54) is 0 Å². The third kappa shape index (κ3) is 4.69. The average Bonchev–Trinajstić information content (AvgIpc) is 2.89. The largest absolute Gasteiger partial charge is 0.505 e. The second-order valence-electron chi connectivity index (χ2n) is 8.22. The lowest BCUT2D eigenvalue weighted by Crippen LogP contribution is -2.19. The summed E-state index contributed by atoms with van der Waals surface area (Å²) in [5, 5.41) is 15.6. The Hall–Kier alpha value is -4.38. The van der Waals surface area contributed by atoms with Gasteiger partial charge in [0.15, 0.2) is 0 Å². The molecule has 0 unspecified atom stereocenters. The Morgan fingerprint density at radius 1 is 0.882 bits per heavy atom. The molecule has 0 fully saturated rings. The second-order valence-corrected chi connectivity index (χ2v) is 8.22. The lowest BCUT2D eigenvalue weighted by molar-refractivity contribution is -0.361. The molecular weight excluding hydrogens is 422 g/mol. The molecule has 5 aromatic rings. The van der Waals surface area contributed by atoms with Gasteiger partial charge in [0.25, 0.3) is 5.82 Å². The topological polar surface area (TPSA) is 68.5 Å². The van der Waals surface area contributed by atoms with E-state index in [0.717, 1.165) is 39.3 Å². The fourth-order valence-corrected chi connectivity index (χ4v) is 4.00. The van der Waals surface area contributed by atoms with Gasteiger partial charge < -0.3 is 9.84 Å². The van der Waals surface area contributed by atoms with Crippen molar-refractivity contribution in [3.05, 3.63) is 126 Å². The first kappa shape index (κ1) is 21.5. The minimum Gasteiger partial charge on any atom is -0.505 e. The van der Waals surface area contributed by atoms with E-state index in [4.69, 9.17) is 4.74 Å². The molecule has 0 saturated heterocycles. The van der Waals surface area contributed by atoms with Crippen molar-refractivity contribution >= 4 is 16.7 Å². The zero-order valence-corrected chi connectivity index (χ0v) is 18.9. The number of H-pyrrole nitrogens is 1. The predicted octanol–water partition coefficient (Wildman–Crippen LogP) is 5.84. The maximum Gasteiger partial charge on any atom is 0.272 e. The van der Waals surface area contributed by atoms with Gasteiger partial charge in [0.05, 0.1) is 6.20 Å². The molecule has 2 heterocycles. The van der Waals surface area contributed by atoms with E-state index in [2.05, 4.69) is 15.3 Å². The molecule has 3 N–H and O–H groups in total. The Kier molecular flexibility index (Phi) is 6.08. The van der Waals surface area contributed by atoms with Crippen molar-refractivity contribution in [3.8, 4) is 11.5 Å². The number of rotatable bonds is 7. The van der Waals surface area contributed by atoms with Crippen LogP contribution in [0.1, 0.15) is 28.4 Å². The number of ether oxygens (including phenoxy) is 1. The Labute approximate surface area is 198 Å². The lowest BCUT2D eigenvalue weighted by atomic mass is 9.96. The van der Waals surface area contributed by atoms with Gasteiger partial charge in [0, 0.05) is 28.3 Å². The molecule has 0 bridgehead atoms. The number of aromatic amines is 1. The first-order valence-electron chi connectivity index (χ1n) is 11.3. The number of aryl methyl sites for hydroxylation is 1. The molecule has 0 radical (unpaired) electrons. The molecule has 0 amide bonds. The smallest absolute Gasteiger partial charge is 0.272 e. The van der Waals surface area contributed by atoms with Crippen molar-refractivity contribution in [1.82, 2.24) is 4.98 Å². The summed E-state index contributed by atoms with van der Waals surface area (Å²) in [5.74, 6) is 1.81. The number of hydrogen-bond donors (Lipinski definition) is 2. The van der Waals surface area contributed by atoms with Crippen LogP contribution in [0, 0.1) is 6.92 Å². The molecule has 5 rings (SSSR count). The Morgan fingerprint density at radius 3 is 2.41 bits per heavy atom. The van der Waals surface area contributed by atoms with Crippen LogP contribution < -0.4 is 15.0 Å². The zero-order chi connectivity index (χ0) is 23.3. The van der Waals surface area contributed by atoms with Crippen LogP contribution in [0.2, 0.25) is 0 Å². The molecular formula is C29H26N3O2+. The Balaban J connectivity index is 1.48. The Bertz CT molecular complexity index is 1390. The highest BCUT2D eigenvalue weighted by molar-refractivity contribution is 5.86. The van der Waals surface area contributed by atoms with E-state index in [1.54, 1.807) is 0 Å². The van der Waals surface area contributed by atoms with E-state index >= 15 is 0 Å². The van der Waals surface area contributed by atoms with Crippen molar-refractivity contribution in [1.29, 1.82) is 0 Å². The molecule has 0 aliphatic heterocycles. The summed E-state index contributed by atoms with van der Waals surface area (Å²) >= 11 is 0. The summed E-state index contributed by atoms with van der Waals surface area (Å²) in [7, 11) is 0. The first-order chi connectivity index (χ1) is 16.7. The van der Waals surface area contributed by atoms with Crippen LogP contribution in [-0.4, -0.2) is 10.1 Å². The number of pyridine rings is 2. The summed E-state index contributed by atoms with van der Waals surface area (Å²) in [5.41, 5.74) is 4.33. The molecule has 168 valence electrons. The SMILES string of the molecule is Cc1ccc2ccc([C@H](Nc3cccc[nH+]3)c3ccc(OCc4ccccc4)cc3)c(O)c2n1. The predicted molar refractivity (Wildman–Crippen MR) is 134 cm³/mol. The maximum absolute atomic E-state index is 11.2. The molecule has 0 saturated carbocycles. The van der Waals surface area contributed by atoms with Gasteiger partial charge in [0.1, 0.15) is 29.7 Å². The van der Waals surface area contributed by atoms with E-state index in [9.17, 15) is 5.11 Å². The fraction of sp³-hybridized carbons (Fsp3) is 0.103. The van der Waals surface area contributed by atoms with Crippen LogP contribution in [0.25, 0.3) is 10.9 Å². The van der Waals surface area contributed by atoms with Crippen LogP contribution in [0.3, 0.4) is 0 Å². The fourth-order valence-electron chi connectivity index (χ4n) is 4.00. The highest BCUT2D eigenvalue weighted by Crippen LogP contribution is 2.36. The number of hydrogen-bond acceptors (Lipinski definition) is 4. The van der Waals surface area contributed by atoms with Crippen molar-refractivity contribution in [2.24, 2.45) is 0 Å². The number of aromatic nitrogens is 2. The maximum atomic E-state index is 11.2. The number of phenols is 1. The highest BCUT2D eigenvalue weighted by atomic mass is 16.5. The quantitative estimate of drug-likeness (QED) is 0.328. The summed E-state index contributed by atoms with van der Waals surface area (Å²) in [4.78, 5) is 7.80. The molecule has 0 aliphatic rings. The molecule has 3 aromatic carbocycles. The number of fused-ring (bicyclic) bond motifs is 1. The third-order valence-corrected chi connectivity index (χ3v) is 5.79. The molecule has 1 atom stereocenters. The van der Waals surface area contributed by atoms with Crippen LogP contribution in [0.15, 0.2) is 103 Å². The zero-order valence-electron chi connectivity index (χ0n) is 18.9. The van der Waals surface area contributed by atoms with Crippen LogP contribution in [0.5, 0.6) is 11.5 Å². The summed E-state index contributed by atoms with van der Waals surface area (Å²) in [6.07, 6.45) is 1.87. The van der Waals surface area contributed by atoms with Gasteiger partial charge >= 0.3 is 0 Å². The molecule has 0 aliphatic carbocycles. The molecule has 5 heteroatoms. The van der Waals surface area contributed by atoms with Crippen LogP contribution >= 0.6 is 0 Å².